The molecular weight excluding hydrogens is 514 g/mol. The number of urea groups is 1. The van der Waals surface area contributed by atoms with Crippen LogP contribution in [0.5, 0.6) is 0 Å². The number of rotatable bonds is 7. The third-order valence-corrected chi connectivity index (χ3v) is 11.1. The number of fused-ring (bicyclic) bond motifs is 2. The maximum absolute atomic E-state index is 13.8. The molecule has 196 valence electrons. The zero-order valence-electron chi connectivity index (χ0n) is 20.9. The van der Waals surface area contributed by atoms with Crippen LogP contribution in [0.15, 0.2) is 34.8 Å². The van der Waals surface area contributed by atoms with Gasteiger partial charge in [0.15, 0.2) is 0 Å². The molecule has 10 nitrogen and oxygen atoms in total. The number of hydrogen-bond donors (Lipinski definition) is 1. The first-order valence-corrected chi connectivity index (χ1v) is 14.6. The first-order valence-electron chi connectivity index (χ1n) is 12.2. The van der Waals surface area contributed by atoms with Crippen molar-refractivity contribution in [3.63, 3.8) is 0 Å². The fourth-order valence-corrected chi connectivity index (χ4v) is 8.42. The van der Waals surface area contributed by atoms with Gasteiger partial charge in [-0.1, -0.05) is 23.9 Å². The number of nitrogens with one attached hydrogen (secondary N) is 1. The second-order valence-electron chi connectivity index (χ2n) is 10.5. The Balaban J connectivity index is 1.34. The Kier molecular flexibility index (Phi) is 5.79. The molecule has 6 rings (SSSR count). The third-order valence-electron chi connectivity index (χ3n) is 7.59. The van der Waals surface area contributed by atoms with Crippen molar-refractivity contribution in [1.29, 1.82) is 0 Å². The van der Waals surface area contributed by atoms with E-state index in [1.807, 2.05) is 26.0 Å². The lowest BCUT2D eigenvalue weighted by molar-refractivity contribution is -0.135. The van der Waals surface area contributed by atoms with Gasteiger partial charge in [0, 0.05) is 30.9 Å². The predicted molar refractivity (Wildman–Crippen MR) is 137 cm³/mol. The molecule has 1 N–H and O–H groups in total. The van der Waals surface area contributed by atoms with Gasteiger partial charge in [-0.05, 0) is 55.0 Å². The quantitative estimate of drug-likeness (QED) is 0.571. The molecule has 3 aliphatic heterocycles. The molecule has 2 fully saturated rings. The van der Waals surface area contributed by atoms with Crippen LogP contribution in [0.2, 0.25) is 0 Å². The largest absolute Gasteiger partial charge is 0.372 e. The Morgan fingerprint density at radius 2 is 2.00 bits per heavy atom. The second kappa shape index (κ2) is 8.69. The first kappa shape index (κ1) is 24.7. The van der Waals surface area contributed by atoms with Crippen LogP contribution < -0.4 is 4.72 Å². The summed E-state index contributed by atoms with van der Waals surface area (Å²) in [6.45, 7) is 5.32. The number of benzene rings is 1. The molecule has 1 aromatic carbocycles. The van der Waals surface area contributed by atoms with Crippen LogP contribution in [0.1, 0.15) is 47.6 Å². The van der Waals surface area contributed by atoms with Gasteiger partial charge in [0.25, 0.3) is 0 Å². The van der Waals surface area contributed by atoms with E-state index in [4.69, 9.17) is 4.74 Å². The Labute approximate surface area is 220 Å². The molecule has 2 atom stereocenters. The van der Waals surface area contributed by atoms with Crippen molar-refractivity contribution in [3.8, 4) is 0 Å². The zero-order valence-corrected chi connectivity index (χ0v) is 22.6. The van der Waals surface area contributed by atoms with Gasteiger partial charge < -0.3 is 9.64 Å². The van der Waals surface area contributed by atoms with Crippen molar-refractivity contribution in [3.05, 3.63) is 62.7 Å². The number of amides is 3. The van der Waals surface area contributed by atoms with Crippen molar-refractivity contribution in [2.45, 2.75) is 63.9 Å². The third kappa shape index (κ3) is 4.39. The van der Waals surface area contributed by atoms with E-state index >= 15 is 0 Å². The molecule has 4 aliphatic rings. The summed E-state index contributed by atoms with van der Waals surface area (Å²) in [6.07, 6.45) is 6.46. The normalized spacial score (nSPS) is 24.4. The van der Waals surface area contributed by atoms with Gasteiger partial charge in [-0.15, -0.1) is 0 Å². The highest BCUT2D eigenvalue weighted by molar-refractivity contribution is 8.18. The summed E-state index contributed by atoms with van der Waals surface area (Å²) in [5, 5.41) is 3.51. The standard InChI is InChI=1S/C25H29N5O5S2/c1-15-17(4-5-18-13-35-14-20(15)18)12-30-23-19(8-21(36-23)37(33,34)27-25(2)6-7-25)22(31)29(24(30)32)11-16-9-26-28(3)10-16/h4-5,8-10,19,23,27H,6-7,11-14H2,1-3H3. The minimum absolute atomic E-state index is 0.0686. The lowest BCUT2D eigenvalue weighted by Gasteiger charge is -2.41. The summed E-state index contributed by atoms with van der Waals surface area (Å²) in [4.78, 5) is 30.2. The molecule has 1 aromatic heterocycles. The smallest absolute Gasteiger partial charge is 0.328 e. The van der Waals surface area contributed by atoms with Crippen LogP contribution in [0.3, 0.4) is 0 Å². The van der Waals surface area contributed by atoms with Crippen LogP contribution in [-0.2, 0) is 52.9 Å². The van der Waals surface area contributed by atoms with Crippen molar-refractivity contribution in [2.24, 2.45) is 13.0 Å². The molecule has 0 bridgehead atoms. The van der Waals surface area contributed by atoms with Crippen molar-refractivity contribution in [2.75, 3.05) is 0 Å². The number of hydrogen-bond acceptors (Lipinski definition) is 7. The Bertz CT molecular complexity index is 1450. The molecule has 1 aliphatic carbocycles. The average molecular weight is 544 g/mol. The van der Waals surface area contributed by atoms with Gasteiger partial charge in [0.1, 0.15) is 9.61 Å². The number of nitrogens with zero attached hydrogens (tertiary/aromatic N) is 4. The summed E-state index contributed by atoms with van der Waals surface area (Å²) in [5.74, 6) is -1.17. The number of aryl methyl sites for hydroxylation is 1. The summed E-state index contributed by atoms with van der Waals surface area (Å²) in [7, 11) is -2.03. The van der Waals surface area contributed by atoms with Crippen LogP contribution in [0, 0.1) is 12.8 Å². The lowest BCUT2D eigenvalue weighted by atomic mass is 9.97. The molecule has 3 amide bonds. The van der Waals surface area contributed by atoms with Crippen LogP contribution in [0.4, 0.5) is 4.79 Å². The number of carbonyl (C=O) groups excluding carboxylic acids is 2. The van der Waals surface area contributed by atoms with Gasteiger partial charge in [-0.3, -0.25) is 14.4 Å². The highest BCUT2D eigenvalue weighted by atomic mass is 32.3. The van der Waals surface area contributed by atoms with Gasteiger partial charge in [-0.25, -0.2) is 17.9 Å². The fraction of sp³-hybridized carbons (Fsp3) is 0.480. The Morgan fingerprint density at radius 1 is 1.22 bits per heavy atom. The Morgan fingerprint density at radius 3 is 2.70 bits per heavy atom. The van der Waals surface area contributed by atoms with Gasteiger partial charge >= 0.3 is 6.03 Å². The van der Waals surface area contributed by atoms with Gasteiger partial charge in [0.05, 0.1) is 31.9 Å². The lowest BCUT2D eigenvalue weighted by Crippen LogP contribution is -2.58. The van der Waals surface area contributed by atoms with E-state index in [9.17, 15) is 18.0 Å². The van der Waals surface area contributed by atoms with Crippen LogP contribution in [-0.4, -0.2) is 50.8 Å². The van der Waals surface area contributed by atoms with E-state index < -0.39 is 38.8 Å². The molecule has 0 radical (unpaired) electrons. The van der Waals surface area contributed by atoms with Gasteiger partial charge in [-0.2, -0.15) is 5.10 Å². The van der Waals surface area contributed by atoms with E-state index in [0.717, 1.165) is 52.4 Å². The minimum atomic E-state index is -3.80. The molecule has 12 heteroatoms. The number of aromatic nitrogens is 2. The van der Waals surface area contributed by atoms with Crippen LogP contribution >= 0.6 is 11.8 Å². The van der Waals surface area contributed by atoms with E-state index in [1.54, 1.807) is 29.0 Å². The van der Waals surface area contributed by atoms with E-state index in [0.29, 0.717) is 13.2 Å². The average Bonchev–Trinajstić information content (AvgIpc) is 3.27. The summed E-state index contributed by atoms with van der Waals surface area (Å²) in [5.41, 5.74) is 4.56. The van der Waals surface area contributed by atoms with Crippen molar-refractivity contribution < 1.29 is 22.7 Å². The minimum Gasteiger partial charge on any atom is -0.372 e. The van der Waals surface area contributed by atoms with Crippen LogP contribution in [0.25, 0.3) is 0 Å². The van der Waals surface area contributed by atoms with E-state index in [1.165, 1.54) is 11.0 Å². The van der Waals surface area contributed by atoms with E-state index in [2.05, 4.69) is 9.82 Å². The monoisotopic (exact) mass is 543 g/mol. The molecular formula is C25H29N5O5S2. The fourth-order valence-electron chi connectivity index (χ4n) is 5.12. The summed E-state index contributed by atoms with van der Waals surface area (Å²) < 4.78 is 36.5. The number of ether oxygens (including phenoxy) is 1. The molecule has 0 spiro atoms. The van der Waals surface area contributed by atoms with E-state index in [-0.39, 0.29) is 17.3 Å². The number of thioether (sulfide) groups is 1. The van der Waals surface area contributed by atoms with Crippen molar-refractivity contribution in [1.82, 2.24) is 24.3 Å². The summed E-state index contributed by atoms with van der Waals surface area (Å²) in [6, 6.07) is 3.58. The highest BCUT2D eigenvalue weighted by Crippen LogP contribution is 2.47. The highest BCUT2D eigenvalue weighted by Gasteiger charge is 2.52. The predicted octanol–water partition coefficient (Wildman–Crippen LogP) is 2.73. The first-order chi connectivity index (χ1) is 17.5. The molecule has 2 unspecified atom stereocenters. The van der Waals surface area contributed by atoms with Crippen molar-refractivity contribution >= 4 is 33.7 Å². The molecule has 2 aromatic rings. The number of imide groups is 1. The van der Waals surface area contributed by atoms with Gasteiger partial charge in [0.2, 0.25) is 15.9 Å². The maximum atomic E-state index is 13.8. The zero-order chi connectivity index (χ0) is 26.1. The molecule has 1 saturated carbocycles. The number of sulfonamides is 1. The number of carbonyl (C=O) groups is 2. The second-order valence-corrected chi connectivity index (χ2v) is 13.6. The summed E-state index contributed by atoms with van der Waals surface area (Å²) >= 11 is 1.08. The molecule has 1 saturated heterocycles. The SMILES string of the molecule is Cc1c(CN2C(=O)N(Cc3cnn(C)c3)C(=O)C3C=C(S(=O)(=O)NC4(C)CC4)SC32)ccc2c1COC2. The maximum Gasteiger partial charge on any atom is 0.328 e. The molecule has 37 heavy (non-hydrogen) atoms. The Hall–Kier alpha value is -2.67. The topological polar surface area (TPSA) is 114 Å². The molecule has 4 heterocycles.